The number of nitrogens with zero attached hydrogens (tertiary/aromatic N) is 3. The Labute approximate surface area is 349 Å². The van der Waals surface area contributed by atoms with Crippen LogP contribution in [0.4, 0.5) is 8.78 Å². The number of furan rings is 1. The Bertz CT molecular complexity index is 3290. The van der Waals surface area contributed by atoms with Crippen molar-refractivity contribution in [2.75, 3.05) is 0 Å². The van der Waals surface area contributed by atoms with Gasteiger partial charge in [0.2, 0.25) is 5.69 Å². The number of pyridine rings is 1. The summed E-state index contributed by atoms with van der Waals surface area (Å²) in [6, 6.07) is 40.5. The van der Waals surface area contributed by atoms with E-state index in [0.29, 0.717) is 28.8 Å². The molecule has 2 aliphatic rings. The molecule has 11 rings (SSSR count). The molecule has 2 aliphatic heterocycles. The Kier molecular flexibility index (Phi) is 7.95. The zero-order valence-electron chi connectivity index (χ0n) is 34.7. The third kappa shape index (κ3) is 5.31. The molecule has 6 aromatic carbocycles. The van der Waals surface area contributed by atoms with Gasteiger partial charge in [-0.25, -0.2) is 13.3 Å². The summed E-state index contributed by atoms with van der Waals surface area (Å²) in [5.74, 6) is -0.193. The third-order valence-electron chi connectivity index (χ3n) is 13.0. The van der Waals surface area contributed by atoms with Gasteiger partial charge in [-0.15, -0.1) is 0 Å². The average molecular weight is 806 g/mol. The van der Waals surface area contributed by atoms with Crippen molar-refractivity contribution in [1.29, 1.82) is 0 Å². The van der Waals surface area contributed by atoms with E-state index < -0.39 is 19.7 Å². The SMILES string of the molecule is C=C1c2ccc3c(oc4cccc(-c5cc(F)cc(F)c5)c43)c2-c2n(-c3c(C)cc(C)cc3C)c3ccccc3[n+]2CC2c3ccccc3-c3ccc([Si](C)(C)C)c[n+]3C12. The zero-order chi connectivity index (χ0) is 41.4. The first-order valence-corrected chi connectivity index (χ1v) is 24.3. The maximum atomic E-state index is 14.8. The van der Waals surface area contributed by atoms with E-state index in [4.69, 9.17) is 11.0 Å². The molecule has 0 fully saturated rings. The fourth-order valence-corrected chi connectivity index (χ4v) is 11.7. The minimum absolute atomic E-state index is 0.0419. The van der Waals surface area contributed by atoms with Crippen LogP contribution in [0.25, 0.3) is 78.0 Å². The number of para-hydroxylation sites is 2. The average Bonchev–Trinajstić information content (AvgIpc) is 3.74. The van der Waals surface area contributed by atoms with E-state index in [1.54, 1.807) is 0 Å². The molecular formula is C53H45F2N3OSi+2. The largest absolute Gasteiger partial charge is 0.455 e. The Balaban J connectivity index is 1.31. The highest BCUT2D eigenvalue weighted by Crippen LogP contribution is 2.51. The van der Waals surface area contributed by atoms with Gasteiger partial charge in [0.15, 0.2) is 28.9 Å². The molecule has 2 atom stereocenters. The second-order valence-corrected chi connectivity index (χ2v) is 23.0. The highest BCUT2D eigenvalue weighted by Gasteiger charge is 2.48. The number of aromatic nitrogens is 3. The zero-order valence-corrected chi connectivity index (χ0v) is 35.7. The highest BCUT2D eigenvalue weighted by molar-refractivity contribution is 6.88. The lowest BCUT2D eigenvalue weighted by Crippen LogP contribution is -2.55. The summed E-state index contributed by atoms with van der Waals surface area (Å²) < 4.78 is 44.2. The first-order chi connectivity index (χ1) is 28.9. The minimum Gasteiger partial charge on any atom is -0.455 e. The number of fused-ring (bicyclic) bond motifs is 15. The van der Waals surface area contributed by atoms with Gasteiger partial charge in [0.25, 0.3) is 5.82 Å². The van der Waals surface area contributed by atoms with Crippen LogP contribution in [0.1, 0.15) is 39.8 Å². The van der Waals surface area contributed by atoms with Crippen molar-refractivity contribution in [3.63, 3.8) is 0 Å². The maximum Gasteiger partial charge on any atom is 0.299 e. The lowest BCUT2D eigenvalue weighted by Gasteiger charge is -2.33. The van der Waals surface area contributed by atoms with Crippen LogP contribution in [0, 0.1) is 32.4 Å². The van der Waals surface area contributed by atoms with Crippen molar-refractivity contribution in [3.8, 4) is 39.5 Å². The van der Waals surface area contributed by atoms with E-state index in [-0.39, 0.29) is 12.0 Å². The van der Waals surface area contributed by atoms with Crippen LogP contribution < -0.4 is 14.3 Å². The Morgan fingerprint density at radius 2 is 1.47 bits per heavy atom. The first-order valence-electron chi connectivity index (χ1n) is 20.8. The molecule has 5 heterocycles. The lowest BCUT2D eigenvalue weighted by molar-refractivity contribution is -0.723. The van der Waals surface area contributed by atoms with Gasteiger partial charge in [-0.1, -0.05) is 98.5 Å². The number of allylic oxidation sites excluding steroid dienone is 1. The number of imidazole rings is 1. The monoisotopic (exact) mass is 805 g/mol. The predicted molar refractivity (Wildman–Crippen MR) is 242 cm³/mol. The second kappa shape index (κ2) is 13.0. The fourth-order valence-electron chi connectivity index (χ4n) is 10.5. The smallest absolute Gasteiger partial charge is 0.299 e. The summed E-state index contributed by atoms with van der Waals surface area (Å²) >= 11 is 0. The molecule has 2 unspecified atom stereocenters. The van der Waals surface area contributed by atoms with Gasteiger partial charge >= 0.3 is 0 Å². The third-order valence-corrected chi connectivity index (χ3v) is 15.1. The summed E-state index contributed by atoms with van der Waals surface area (Å²) in [4.78, 5) is 0. The molecule has 0 spiro atoms. The second-order valence-electron chi connectivity index (χ2n) is 17.9. The number of hydrogen-bond donors (Lipinski definition) is 0. The quantitative estimate of drug-likeness (QED) is 0.129. The highest BCUT2D eigenvalue weighted by atomic mass is 28.3. The molecule has 0 amide bonds. The summed E-state index contributed by atoms with van der Waals surface area (Å²) in [6.45, 7) is 19.5. The summed E-state index contributed by atoms with van der Waals surface area (Å²) in [5.41, 5.74) is 16.2. The van der Waals surface area contributed by atoms with E-state index >= 15 is 0 Å². The van der Waals surface area contributed by atoms with E-state index in [9.17, 15) is 8.78 Å². The lowest BCUT2D eigenvalue weighted by atomic mass is 9.76. The number of rotatable bonds is 3. The molecule has 3 aromatic heterocycles. The molecule has 0 N–H and O–H groups in total. The molecule has 60 heavy (non-hydrogen) atoms. The molecule has 294 valence electrons. The predicted octanol–water partition coefficient (Wildman–Crippen LogP) is 12.2. The molecular weight excluding hydrogens is 761 g/mol. The van der Waals surface area contributed by atoms with Gasteiger partial charge in [-0.05, 0) is 91.1 Å². The van der Waals surface area contributed by atoms with Crippen LogP contribution in [-0.4, -0.2) is 12.6 Å². The number of aryl methyl sites for hydroxylation is 3. The van der Waals surface area contributed by atoms with Crippen LogP contribution in [-0.2, 0) is 6.54 Å². The van der Waals surface area contributed by atoms with Crippen LogP contribution in [0.5, 0.6) is 0 Å². The summed E-state index contributed by atoms with van der Waals surface area (Å²) in [6.07, 6.45) is 2.42. The number of hydrogen-bond acceptors (Lipinski definition) is 1. The van der Waals surface area contributed by atoms with Crippen LogP contribution in [0.15, 0.2) is 139 Å². The maximum absolute atomic E-state index is 14.8. The molecule has 4 nitrogen and oxygen atoms in total. The Hall–Kier alpha value is -6.44. The Morgan fingerprint density at radius 3 is 2.23 bits per heavy atom. The van der Waals surface area contributed by atoms with Crippen molar-refractivity contribution in [1.82, 2.24) is 4.57 Å². The number of benzene rings is 6. The Morgan fingerprint density at radius 1 is 0.750 bits per heavy atom. The van der Waals surface area contributed by atoms with Gasteiger partial charge in [-0.3, -0.25) is 0 Å². The normalized spacial score (nSPS) is 16.0. The van der Waals surface area contributed by atoms with Gasteiger partial charge in [0, 0.05) is 39.2 Å². The van der Waals surface area contributed by atoms with Crippen molar-refractivity contribution in [2.24, 2.45) is 0 Å². The van der Waals surface area contributed by atoms with Gasteiger partial charge < -0.3 is 4.42 Å². The van der Waals surface area contributed by atoms with Crippen molar-refractivity contribution in [2.45, 2.75) is 58.9 Å². The molecule has 9 aromatic rings. The number of halogens is 2. The van der Waals surface area contributed by atoms with Gasteiger partial charge in [-0.2, -0.15) is 9.13 Å². The van der Waals surface area contributed by atoms with E-state index in [0.717, 1.165) is 56.1 Å². The molecule has 0 bridgehead atoms. The van der Waals surface area contributed by atoms with Gasteiger partial charge in [0.05, 0.1) is 19.6 Å². The summed E-state index contributed by atoms with van der Waals surface area (Å²) in [7, 11) is -1.72. The van der Waals surface area contributed by atoms with Crippen molar-refractivity contribution >= 4 is 51.8 Å². The van der Waals surface area contributed by atoms with E-state index in [1.807, 2.05) is 18.2 Å². The van der Waals surface area contributed by atoms with Crippen molar-refractivity contribution < 1.29 is 22.3 Å². The van der Waals surface area contributed by atoms with Gasteiger partial charge in [0.1, 0.15) is 35.0 Å². The fraction of sp³-hybridized carbons (Fsp3) is 0.170. The van der Waals surface area contributed by atoms with Crippen molar-refractivity contribution in [3.05, 3.63) is 174 Å². The van der Waals surface area contributed by atoms with E-state index in [1.165, 1.54) is 50.8 Å². The molecule has 0 radical (unpaired) electrons. The van der Waals surface area contributed by atoms with E-state index in [2.05, 4.69) is 145 Å². The molecule has 0 saturated carbocycles. The molecule has 7 heteroatoms. The standard InChI is InChI=1S/C53H45F2N3OSi/c1-30-23-31(2)50(32(3)24-30)58-46-17-11-10-16-45(46)57-29-43-40-13-8-9-14-41(40)44-22-19-37(60(5,6)7)28-56(44)51(43)33(4)38-20-21-42-48-39(34-25-35(54)27-36(55)26-34)15-12-18-47(48)59-52(42)49(38)53(57)58/h8-28,43,51H,4,29H2,1-3,5-7H3/q+2. The topological polar surface area (TPSA) is 25.8 Å². The summed E-state index contributed by atoms with van der Waals surface area (Å²) in [5, 5.41) is 3.08. The first kappa shape index (κ1) is 36.6. The molecule has 0 saturated heterocycles. The van der Waals surface area contributed by atoms with Crippen LogP contribution >= 0.6 is 0 Å². The minimum atomic E-state index is -1.72. The van der Waals surface area contributed by atoms with Crippen LogP contribution in [0.2, 0.25) is 19.6 Å². The van der Waals surface area contributed by atoms with Crippen LogP contribution in [0.3, 0.4) is 0 Å². The molecule has 0 aliphatic carbocycles.